The number of alkyl halides is 3. The first-order valence-electron chi connectivity index (χ1n) is 7.97. The molecule has 10 heteroatoms. The standard InChI is InChI=1S/C17H15F3N4O3/c18-17(19,20)13-4-2-12(3-5-13)14-10-15(23-27-14)26-16(25)22-6-1-8-24-9-7-21-11-24/h2-5,7,9-11H,1,6,8H2,(H,22,25). The van der Waals surface area contributed by atoms with E-state index in [4.69, 9.17) is 9.26 Å². The first-order valence-corrected chi connectivity index (χ1v) is 7.97. The van der Waals surface area contributed by atoms with Crippen LogP contribution in [0, 0.1) is 0 Å². The molecular weight excluding hydrogens is 365 g/mol. The van der Waals surface area contributed by atoms with Crippen LogP contribution in [0.1, 0.15) is 12.0 Å². The largest absolute Gasteiger partial charge is 0.416 e. The van der Waals surface area contributed by atoms with Gasteiger partial charge in [-0.25, -0.2) is 9.78 Å². The fourth-order valence-electron chi connectivity index (χ4n) is 2.27. The number of aromatic nitrogens is 3. The van der Waals surface area contributed by atoms with E-state index in [1.165, 1.54) is 18.2 Å². The van der Waals surface area contributed by atoms with Crippen molar-refractivity contribution < 1.29 is 27.2 Å². The van der Waals surface area contributed by atoms with Gasteiger partial charge in [-0.05, 0) is 23.7 Å². The Labute approximate surface area is 151 Å². The van der Waals surface area contributed by atoms with Crippen LogP contribution >= 0.6 is 0 Å². The average Bonchev–Trinajstić information content (AvgIpc) is 3.30. The van der Waals surface area contributed by atoms with Crippen molar-refractivity contribution >= 4 is 6.09 Å². The second-order valence-corrected chi connectivity index (χ2v) is 5.57. The SMILES string of the molecule is O=C(NCCCn1ccnc1)Oc1cc(-c2ccc(C(F)(F)F)cc2)on1. The zero-order valence-corrected chi connectivity index (χ0v) is 13.9. The number of carbonyl (C=O) groups is 1. The van der Waals surface area contributed by atoms with E-state index in [0.29, 0.717) is 25.1 Å². The van der Waals surface area contributed by atoms with Crippen LogP contribution in [0.5, 0.6) is 5.88 Å². The third-order valence-electron chi connectivity index (χ3n) is 3.60. The molecule has 0 aliphatic heterocycles. The molecule has 1 N–H and O–H groups in total. The van der Waals surface area contributed by atoms with Gasteiger partial charge in [0.2, 0.25) is 0 Å². The maximum Gasteiger partial charge on any atom is 0.416 e. The van der Waals surface area contributed by atoms with Crippen LogP contribution < -0.4 is 10.1 Å². The Hall–Kier alpha value is -3.30. The Balaban J connectivity index is 1.49. The minimum atomic E-state index is -4.41. The van der Waals surface area contributed by atoms with Gasteiger partial charge in [-0.3, -0.25) is 0 Å². The van der Waals surface area contributed by atoms with Crippen LogP contribution in [0.2, 0.25) is 0 Å². The van der Waals surface area contributed by atoms with Crippen molar-refractivity contribution in [3.05, 3.63) is 54.6 Å². The fourth-order valence-corrected chi connectivity index (χ4v) is 2.27. The van der Waals surface area contributed by atoms with Gasteiger partial charge < -0.3 is 19.1 Å². The number of hydrogen-bond acceptors (Lipinski definition) is 5. The number of aryl methyl sites for hydroxylation is 1. The molecule has 2 aromatic heterocycles. The zero-order valence-electron chi connectivity index (χ0n) is 13.9. The highest BCUT2D eigenvalue weighted by molar-refractivity contribution is 5.70. The fraction of sp³-hybridized carbons (Fsp3) is 0.235. The molecule has 0 aliphatic rings. The molecule has 0 fully saturated rings. The molecule has 3 aromatic rings. The lowest BCUT2D eigenvalue weighted by atomic mass is 10.1. The van der Waals surface area contributed by atoms with Gasteiger partial charge in [0, 0.05) is 31.0 Å². The van der Waals surface area contributed by atoms with Crippen LogP contribution in [0.4, 0.5) is 18.0 Å². The van der Waals surface area contributed by atoms with E-state index in [9.17, 15) is 18.0 Å². The number of rotatable bonds is 6. The highest BCUT2D eigenvalue weighted by Gasteiger charge is 2.30. The highest BCUT2D eigenvalue weighted by atomic mass is 19.4. The van der Waals surface area contributed by atoms with Crippen molar-refractivity contribution in [2.45, 2.75) is 19.1 Å². The van der Waals surface area contributed by atoms with Crippen molar-refractivity contribution in [1.82, 2.24) is 20.0 Å². The summed E-state index contributed by atoms with van der Waals surface area (Å²) < 4.78 is 49.6. The van der Waals surface area contributed by atoms with Crippen LogP contribution in [0.3, 0.4) is 0 Å². The summed E-state index contributed by atoms with van der Waals surface area (Å²) in [6, 6.07) is 5.71. The Kier molecular flexibility index (Phi) is 5.43. The Morgan fingerprint density at radius 1 is 1.26 bits per heavy atom. The van der Waals surface area contributed by atoms with Gasteiger partial charge >= 0.3 is 12.3 Å². The first kappa shape index (κ1) is 18.5. The molecule has 142 valence electrons. The monoisotopic (exact) mass is 380 g/mol. The van der Waals surface area contributed by atoms with Crippen molar-refractivity contribution in [3.8, 4) is 17.2 Å². The molecular formula is C17H15F3N4O3. The van der Waals surface area contributed by atoms with Gasteiger partial charge in [-0.1, -0.05) is 12.1 Å². The number of amides is 1. The summed E-state index contributed by atoms with van der Waals surface area (Å²) in [5.41, 5.74) is -0.386. The second kappa shape index (κ2) is 7.94. The maximum atomic E-state index is 12.6. The summed E-state index contributed by atoms with van der Waals surface area (Å²) in [7, 11) is 0. The molecule has 1 amide bonds. The predicted molar refractivity (Wildman–Crippen MR) is 87.8 cm³/mol. The van der Waals surface area contributed by atoms with E-state index in [2.05, 4.69) is 15.5 Å². The lowest BCUT2D eigenvalue weighted by Gasteiger charge is -2.06. The van der Waals surface area contributed by atoms with Gasteiger partial charge in [0.1, 0.15) is 0 Å². The number of carbonyl (C=O) groups excluding carboxylic acids is 1. The van der Waals surface area contributed by atoms with E-state index < -0.39 is 17.8 Å². The third kappa shape index (κ3) is 5.09. The molecule has 1 aromatic carbocycles. The summed E-state index contributed by atoms with van der Waals surface area (Å²) in [6.45, 7) is 1.09. The van der Waals surface area contributed by atoms with Gasteiger partial charge in [0.15, 0.2) is 5.76 Å². The number of nitrogens with zero attached hydrogens (tertiary/aromatic N) is 3. The maximum absolute atomic E-state index is 12.6. The molecule has 27 heavy (non-hydrogen) atoms. The average molecular weight is 380 g/mol. The van der Waals surface area contributed by atoms with Gasteiger partial charge in [0.25, 0.3) is 5.88 Å². The molecule has 0 saturated heterocycles. The zero-order chi connectivity index (χ0) is 19.3. The first-order chi connectivity index (χ1) is 12.9. The summed E-state index contributed by atoms with van der Waals surface area (Å²) in [5.74, 6) is 0.101. The van der Waals surface area contributed by atoms with Crippen molar-refractivity contribution in [2.24, 2.45) is 0 Å². The molecule has 0 unspecified atom stereocenters. The number of nitrogens with one attached hydrogen (secondary N) is 1. The Bertz CT molecular complexity index is 874. The highest BCUT2D eigenvalue weighted by Crippen LogP contribution is 2.31. The minimum Gasteiger partial charge on any atom is -0.388 e. The smallest absolute Gasteiger partial charge is 0.388 e. The number of halogens is 3. The van der Waals surface area contributed by atoms with E-state index in [1.807, 2.05) is 10.8 Å². The molecule has 2 heterocycles. The predicted octanol–water partition coefficient (Wildman–Crippen LogP) is 3.74. The molecule has 0 spiro atoms. The molecule has 0 bridgehead atoms. The topological polar surface area (TPSA) is 82.2 Å². The van der Waals surface area contributed by atoms with Crippen LogP contribution in [-0.2, 0) is 12.7 Å². The number of benzene rings is 1. The van der Waals surface area contributed by atoms with E-state index >= 15 is 0 Å². The lowest BCUT2D eigenvalue weighted by molar-refractivity contribution is -0.137. The molecule has 3 rings (SSSR count). The van der Waals surface area contributed by atoms with E-state index in [0.717, 1.165) is 12.1 Å². The molecule has 0 atom stereocenters. The van der Waals surface area contributed by atoms with Gasteiger partial charge in [-0.2, -0.15) is 13.2 Å². The number of hydrogen-bond donors (Lipinski definition) is 1. The van der Waals surface area contributed by atoms with E-state index in [-0.39, 0.29) is 11.6 Å². The third-order valence-corrected chi connectivity index (χ3v) is 3.60. The molecule has 0 saturated carbocycles. The van der Waals surface area contributed by atoms with Gasteiger partial charge in [-0.15, -0.1) is 0 Å². The molecule has 0 radical (unpaired) electrons. The Morgan fingerprint density at radius 3 is 2.70 bits per heavy atom. The van der Waals surface area contributed by atoms with Crippen molar-refractivity contribution in [2.75, 3.05) is 6.54 Å². The quantitative estimate of drug-likeness (QED) is 0.659. The van der Waals surface area contributed by atoms with Crippen LogP contribution in [0.15, 0.2) is 53.6 Å². The van der Waals surface area contributed by atoms with Gasteiger partial charge in [0.05, 0.1) is 18.0 Å². The molecule has 7 nitrogen and oxygen atoms in total. The van der Waals surface area contributed by atoms with Crippen molar-refractivity contribution in [1.29, 1.82) is 0 Å². The lowest BCUT2D eigenvalue weighted by Crippen LogP contribution is -2.28. The Morgan fingerprint density at radius 2 is 2.04 bits per heavy atom. The number of ether oxygens (including phenoxy) is 1. The summed E-state index contributed by atoms with van der Waals surface area (Å²) in [6.07, 6.45) is 0.728. The van der Waals surface area contributed by atoms with Crippen LogP contribution in [-0.4, -0.2) is 27.3 Å². The normalized spacial score (nSPS) is 11.4. The van der Waals surface area contributed by atoms with E-state index in [1.54, 1.807) is 12.5 Å². The number of imidazole rings is 1. The summed E-state index contributed by atoms with van der Waals surface area (Å²) >= 11 is 0. The van der Waals surface area contributed by atoms with Crippen LogP contribution in [0.25, 0.3) is 11.3 Å². The molecule has 0 aliphatic carbocycles. The minimum absolute atomic E-state index is 0.0861. The van der Waals surface area contributed by atoms with Crippen molar-refractivity contribution in [3.63, 3.8) is 0 Å². The second-order valence-electron chi connectivity index (χ2n) is 5.57. The summed E-state index contributed by atoms with van der Waals surface area (Å²) in [5, 5.41) is 6.15. The summed E-state index contributed by atoms with van der Waals surface area (Å²) in [4.78, 5) is 15.6.